The highest BCUT2D eigenvalue weighted by atomic mass is 79.9. The number of rotatable bonds is 4. The summed E-state index contributed by atoms with van der Waals surface area (Å²) in [6.07, 6.45) is 0. The molecule has 0 saturated carbocycles. The van der Waals surface area contributed by atoms with Crippen LogP contribution in [0.3, 0.4) is 0 Å². The van der Waals surface area contributed by atoms with Gasteiger partial charge in [-0.25, -0.2) is 0 Å². The zero-order valence-electron chi connectivity index (χ0n) is 8.46. The fourth-order valence-electron chi connectivity index (χ4n) is 1.11. The van der Waals surface area contributed by atoms with Crippen molar-refractivity contribution in [3.8, 4) is 0 Å². The molecule has 0 atom stereocenters. The average molecular weight is 256 g/mol. The third-order valence-corrected chi connectivity index (χ3v) is 2.59. The Hall–Kier alpha value is -0.670. The molecule has 0 spiro atoms. The fraction of sp³-hybridized carbons (Fsp3) is 0.364. The first-order valence-corrected chi connectivity index (χ1v) is 5.40. The van der Waals surface area contributed by atoms with Crippen molar-refractivity contribution in [3.63, 3.8) is 0 Å². The maximum Gasteiger partial charge on any atom is 0.176 e. The molecule has 14 heavy (non-hydrogen) atoms. The van der Waals surface area contributed by atoms with Gasteiger partial charge in [0, 0.05) is 10.0 Å². The van der Waals surface area contributed by atoms with Crippen molar-refractivity contribution in [3.05, 3.63) is 34.3 Å². The number of carbonyl (C=O) groups excluding carboxylic acids is 1. The molecule has 0 aromatic heterocycles. The van der Waals surface area contributed by atoms with Crippen LogP contribution in [0, 0.1) is 0 Å². The Labute approximate surface area is 93.0 Å². The maximum atomic E-state index is 11.7. The van der Waals surface area contributed by atoms with E-state index in [2.05, 4.69) is 15.9 Å². The van der Waals surface area contributed by atoms with Gasteiger partial charge in [0.2, 0.25) is 0 Å². The monoisotopic (exact) mass is 255 g/mol. The van der Waals surface area contributed by atoms with Gasteiger partial charge in [0.05, 0.1) is 6.54 Å². The van der Waals surface area contributed by atoms with Crippen molar-refractivity contribution in [1.29, 1.82) is 0 Å². The van der Waals surface area contributed by atoms with Crippen LogP contribution in [0.2, 0.25) is 0 Å². The van der Waals surface area contributed by atoms with Crippen LogP contribution in [0.25, 0.3) is 0 Å². The molecular formula is C11H14BrNO. The summed E-state index contributed by atoms with van der Waals surface area (Å²) < 4.78 is 0.947. The number of hydrogen-bond donors (Lipinski definition) is 0. The predicted octanol–water partition coefficient (Wildman–Crippen LogP) is 2.58. The number of nitrogens with zero attached hydrogens (tertiary/aromatic N) is 1. The van der Waals surface area contributed by atoms with Crippen LogP contribution in [-0.2, 0) is 0 Å². The summed E-state index contributed by atoms with van der Waals surface area (Å²) in [7, 11) is 1.94. The largest absolute Gasteiger partial charge is 0.299 e. The van der Waals surface area contributed by atoms with Crippen molar-refractivity contribution in [2.24, 2.45) is 0 Å². The van der Waals surface area contributed by atoms with E-state index in [1.165, 1.54) is 0 Å². The van der Waals surface area contributed by atoms with Gasteiger partial charge in [0.15, 0.2) is 5.78 Å². The minimum Gasteiger partial charge on any atom is -0.299 e. The van der Waals surface area contributed by atoms with Gasteiger partial charge in [-0.2, -0.15) is 0 Å². The molecule has 0 heterocycles. The van der Waals surface area contributed by atoms with Crippen molar-refractivity contribution in [2.45, 2.75) is 6.92 Å². The van der Waals surface area contributed by atoms with Gasteiger partial charge >= 0.3 is 0 Å². The highest BCUT2D eigenvalue weighted by Crippen LogP contribution is 2.12. The molecule has 0 saturated heterocycles. The zero-order valence-corrected chi connectivity index (χ0v) is 10.0. The third-order valence-electron chi connectivity index (χ3n) is 2.10. The van der Waals surface area contributed by atoms with E-state index in [9.17, 15) is 4.79 Å². The molecule has 76 valence electrons. The molecule has 0 fully saturated rings. The summed E-state index contributed by atoms with van der Waals surface area (Å²) >= 11 is 3.35. The Kier molecular flexibility index (Phi) is 4.29. The van der Waals surface area contributed by atoms with Crippen LogP contribution in [-0.4, -0.2) is 30.8 Å². The molecule has 0 aliphatic rings. The van der Waals surface area contributed by atoms with Crippen LogP contribution in [0.5, 0.6) is 0 Å². The summed E-state index contributed by atoms with van der Waals surface area (Å²) in [4.78, 5) is 13.7. The molecule has 0 N–H and O–H groups in total. The lowest BCUT2D eigenvalue weighted by atomic mass is 10.1. The topological polar surface area (TPSA) is 20.3 Å². The van der Waals surface area contributed by atoms with Crippen LogP contribution in [0.1, 0.15) is 17.3 Å². The molecule has 0 radical (unpaired) electrons. The van der Waals surface area contributed by atoms with Gasteiger partial charge in [0.25, 0.3) is 0 Å². The van der Waals surface area contributed by atoms with Crippen LogP contribution < -0.4 is 0 Å². The normalized spacial score (nSPS) is 10.6. The SMILES string of the molecule is CCN(C)CC(=O)c1cccc(Br)c1. The predicted molar refractivity (Wildman–Crippen MR) is 61.6 cm³/mol. The van der Waals surface area contributed by atoms with E-state index in [0.717, 1.165) is 16.6 Å². The first-order chi connectivity index (χ1) is 6.63. The minimum atomic E-state index is 0.163. The van der Waals surface area contributed by atoms with E-state index < -0.39 is 0 Å². The second-order valence-corrected chi connectivity index (χ2v) is 4.18. The summed E-state index contributed by atoms with van der Waals surface area (Å²) in [5, 5.41) is 0. The van der Waals surface area contributed by atoms with E-state index in [0.29, 0.717) is 6.54 Å². The zero-order chi connectivity index (χ0) is 10.6. The van der Waals surface area contributed by atoms with Crippen molar-refractivity contribution in [2.75, 3.05) is 20.1 Å². The molecule has 0 unspecified atom stereocenters. The van der Waals surface area contributed by atoms with Gasteiger partial charge in [-0.3, -0.25) is 9.69 Å². The molecule has 1 aromatic carbocycles. The Morgan fingerprint density at radius 3 is 2.79 bits per heavy atom. The van der Waals surface area contributed by atoms with Gasteiger partial charge in [-0.15, -0.1) is 0 Å². The van der Waals surface area contributed by atoms with Crippen molar-refractivity contribution < 1.29 is 4.79 Å². The van der Waals surface area contributed by atoms with Gasteiger partial charge in [0.1, 0.15) is 0 Å². The van der Waals surface area contributed by atoms with Crippen LogP contribution in [0.4, 0.5) is 0 Å². The number of halogens is 1. The third kappa shape index (κ3) is 3.24. The van der Waals surface area contributed by atoms with E-state index in [1.807, 2.05) is 43.1 Å². The number of ketones is 1. The number of likely N-dealkylation sites (N-methyl/N-ethyl adjacent to an activating group) is 1. The van der Waals surface area contributed by atoms with Gasteiger partial charge in [-0.05, 0) is 25.7 Å². The quantitative estimate of drug-likeness (QED) is 0.772. The van der Waals surface area contributed by atoms with E-state index in [1.54, 1.807) is 0 Å². The highest BCUT2D eigenvalue weighted by molar-refractivity contribution is 9.10. The molecule has 0 amide bonds. The van der Waals surface area contributed by atoms with Crippen LogP contribution >= 0.6 is 15.9 Å². The van der Waals surface area contributed by atoms with Crippen molar-refractivity contribution in [1.82, 2.24) is 4.90 Å². The number of Topliss-reactive ketones (excluding diaryl/α,β-unsaturated/α-hetero) is 1. The highest BCUT2D eigenvalue weighted by Gasteiger charge is 2.07. The maximum absolute atomic E-state index is 11.7. The average Bonchev–Trinajstić information content (AvgIpc) is 2.17. The molecule has 1 rings (SSSR count). The smallest absolute Gasteiger partial charge is 0.176 e. The molecule has 3 heteroatoms. The summed E-state index contributed by atoms with van der Waals surface area (Å²) in [5.41, 5.74) is 0.764. The molecule has 1 aromatic rings. The van der Waals surface area contributed by atoms with E-state index >= 15 is 0 Å². The van der Waals surface area contributed by atoms with E-state index in [4.69, 9.17) is 0 Å². The van der Waals surface area contributed by atoms with E-state index in [-0.39, 0.29) is 5.78 Å². The first kappa shape index (κ1) is 11.4. The Bertz CT molecular complexity index is 325. The lowest BCUT2D eigenvalue weighted by Crippen LogP contribution is -2.25. The minimum absolute atomic E-state index is 0.163. The summed E-state index contributed by atoms with van der Waals surface area (Å²) in [6, 6.07) is 7.49. The Morgan fingerprint density at radius 1 is 1.50 bits per heavy atom. The lowest BCUT2D eigenvalue weighted by molar-refractivity contribution is 0.0949. The number of hydrogen-bond acceptors (Lipinski definition) is 2. The standard InChI is InChI=1S/C11H14BrNO/c1-3-13(2)8-11(14)9-5-4-6-10(12)7-9/h4-7H,3,8H2,1-2H3. The van der Waals surface area contributed by atoms with Crippen LogP contribution in [0.15, 0.2) is 28.7 Å². The number of carbonyl (C=O) groups is 1. The molecule has 0 aliphatic carbocycles. The summed E-state index contributed by atoms with van der Waals surface area (Å²) in [5.74, 6) is 0.163. The Morgan fingerprint density at radius 2 is 2.21 bits per heavy atom. The molecule has 0 aliphatic heterocycles. The summed E-state index contributed by atoms with van der Waals surface area (Å²) in [6.45, 7) is 3.40. The van der Waals surface area contributed by atoms with Crippen molar-refractivity contribution >= 4 is 21.7 Å². The molecule has 0 bridgehead atoms. The second-order valence-electron chi connectivity index (χ2n) is 3.26. The van der Waals surface area contributed by atoms with Gasteiger partial charge < -0.3 is 0 Å². The molecular weight excluding hydrogens is 242 g/mol. The second kappa shape index (κ2) is 5.27. The lowest BCUT2D eigenvalue weighted by Gasteiger charge is -2.12. The molecule has 2 nitrogen and oxygen atoms in total. The fourth-order valence-corrected chi connectivity index (χ4v) is 1.51. The number of benzene rings is 1. The first-order valence-electron chi connectivity index (χ1n) is 4.60. The Balaban J connectivity index is 2.70. The van der Waals surface area contributed by atoms with Gasteiger partial charge in [-0.1, -0.05) is 35.0 Å².